The molecular weight excluding hydrogens is 426 g/mol. The van der Waals surface area contributed by atoms with Crippen LogP contribution in [0.2, 0.25) is 5.02 Å². The number of imidazole rings is 1. The van der Waals surface area contributed by atoms with E-state index in [1.165, 1.54) is 0 Å². The quantitative estimate of drug-likeness (QED) is 0.430. The minimum atomic E-state index is -0.221. The van der Waals surface area contributed by atoms with Gasteiger partial charge in [-0.25, -0.2) is 9.97 Å². The maximum Gasteiger partial charge on any atom is 0.251 e. The highest BCUT2D eigenvalue weighted by atomic mass is 35.5. The number of amides is 1. The first-order valence-corrected chi connectivity index (χ1v) is 10.3. The largest absolute Gasteiger partial charge is 0.369 e. The van der Waals surface area contributed by atoms with Gasteiger partial charge in [0.25, 0.3) is 5.91 Å². The molecule has 4 aromatic heterocycles. The smallest absolute Gasteiger partial charge is 0.251 e. The Labute approximate surface area is 188 Å². The number of hydrogen-bond donors (Lipinski definition) is 2. The van der Waals surface area contributed by atoms with E-state index in [0.29, 0.717) is 45.7 Å². The van der Waals surface area contributed by atoms with Gasteiger partial charge in [-0.15, -0.1) is 0 Å². The number of carbonyl (C=O) groups excluding carboxylic acids is 1. The van der Waals surface area contributed by atoms with Crippen LogP contribution in [-0.2, 0) is 13.0 Å². The first kappa shape index (κ1) is 19.9. The maximum absolute atomic E-state index is 12.7. The second-order valence-corrected chi connectivity index (χ2v) is 7.68. The zero-order chi connectivity index (χ0) is 22.1. The van der Waals surface area contributed by atoms with Crippen LogP contribution in [0.3, 0.4) is 0 Å². The molecule has 0 atom stereocenters. The molecule has 32 heavy (non-hydrogen) atoms. The van der Waals surface area contributed by atoms with Gasteiger partial charge in [0.2, 0.25) is 5.95 Å². The Balaban J connectivity index is 1.30. The third kappa shape index (κ3) is 3.95. The molecule has 0 fully saturated rings. The predicted molar refractivity (Wildman–Crippen MR) is 122 cm³/mol. The molecule has 158 valence electrons. The van der Waals surface area contributed by atoms with Crippen molar-refractivity contribution in [2.24, 2.45) is 0 Å². The Morgan fingerprint density at radius 2 is 1.94 bits per heavy atom. The average molecular weight is 444 g/mol. The summed E-state index contributed by atoms with van der Waals surface area (Å²) in [5, 5.41) is 4.43. The number of nitrogens with one attached hydrogen (secondary N) is 1. The van der Waals surface area contributed by atoms with Gasteiger partial charge < -0.3 is 11.1 Å². The molecule has 3 N–H and O–H groups in total. The monoisotopic (exact) mass is 443 g/mol. The van der Waals surface area contributed by atoms with Crippen LogP contribution in [0.1, 0.15) is 27.4 Å². The van der Waals surface area contributed by atoms with Crippen LogP contribution >= 0.6 is 11.6 Å². The van der Waals surface area contributed by atoms with Crippen molar-refractivity contribution in [2.75, 3.05) is 5.73 Å². The fourth-order valence-corrected chi connectivity index (χ4v) is 3.69. The third-order valence-corrected chi connectivity index (χ3v) is 5.41. The number of para-hydroxylation sites is 1. The van der Waals surface area contributed by atoms with Gasteiger partial charge in [-0.1, -0.05) is 29.8 Å². The Kier molecular flexibility index (Phi) is 5.12. The van der Waals surface area contributed by atoms with Crippen molar-refractivity contribution in [1.82, 2.24) is 29.7 Å². The normalized spacial score (nSPS) is 11.2. The summed E-state index contributed by atoms with van der Waals surface area (Å²) in [5.41, 5.74) is 9.87. The number of nitrogen functional groups attached to an aromatic ring is 1. The summed E-state index contributed by atoms with van der Waals surface area (Å²) < 4.78 is 1.67. The first-order valence-electron chi connectivity index (χ1n) is 9.92. The van der Waals surface area contributed by atoms with Crippen molar-refractivity contribution < 1.29 is 4.79 Å². The number of halogens is 1. The van der Waals surface area contributed by atoms with Crippen molar-refractivity contribution in [3.05, 3.63) is 94.8 Å². The zero-order valence-corrected chi connectivity index (χ0v) is 17.6. The molecule has 0 saturated heterocycles. The molecule has 0 radical (unpaired) electrons. The Hall–Kier alpha value is -4.04. The SMILES string of the molecule is Nc1ncc2nc(CNC(=O)c3ccnc(Cc4nc5ccccc5cc4Cl)c3)ccn12. The number of benzene rings is 1. The van der Waals surface area contributed by atoms with E-state index in [0.717, 1.165) is 10.9 Å². The van der Waals surface area contributed by atoms with E-state index in [1.54, 1.807) is 41.2 Å². The molecule has 0 spiro atoms. The van der Waals surface area contributed by atoms with Gasteiger partial charge >= 0.3 is 0 Å². The number of fused-ring (bicyclic) bond motifs is 2. The van der Waals surface area contributed by atoms with Gasteiger partial charge in [0, 0.05) is 35.5 Å². The van der Waals surface area contributed by atoms with Crippen LogP contribution in [0.15, 0.2) is 67.1 Å². The highest BCUT2D eigenvalue weighted by molar-refractivity contribution is 6.31. The van der Waals surface area contributed by atoms with Gasteiger partial charge in [-0.3, -0.25) is 19.2 Å². The number of anilines is 1. The summed E-state index contributed by atoms with van der Waals surface area (Å²) >= 11 is 6.43. The molecule has 9 heteroatoms. The van der Waals surface area contributed by atoms with Crippen molar-refractivity contribution in [2.45, 2.75) is 13.0 Å². The molecule has 5 aromatic rings. The average Bonchev–Trinajstić information content (AvgIpc) is 3.18. The number of aromatic nitrogens is 5. The van der Waals surface area contributed by atoms with Crippen LogP contribution in [0.25, 0.3) is 16.6 Å². The number of nitrogens with zero attached hydrogens (tertiary/aromatic N) is 5. The third-order valence-electron chi connectivity index (χ3n) is 5.09. The van der Waals surface area contributed by atoms with Gasteiger partial charge in [0.15, 0.2) is 5.65 Å². The van der Waals surface area contributed by atoms with E-state index in [2.05, 4.69) is 25.3 Å². The van der Waals surface area contributed by atoms with Gasteiger partial charge in [0.05, 0.1) is 34.7 Å². The van der Waals surface area contributed by atoms with Crippen molar-refractivity contribution in [3.8, 4) is 0 Å². The van der Waals surface area contributed by atoms with Crippen LogP contribution in [0.5, 0.6) is 0 Å². The summed E-state index contributed by atoms with van der Waals surface area (Å²) in [7, 11) is 0. The highest BCUT2D eigenvalue weighted by Crippen LogP contribution is 2.23. The Morgan fingerprint density at radius 1 is 1.06 bits per heavy atom. The number of rotatable bonds is 5. The number of pyridine rings is 2. The van der Waals surface area contributed by atoms with Crippen molar-refractivity contribution in [1.29, 1.82) is 0 Å². The van der Waals surface area contributed by atoms with E-state index >= 15 is 0 Å². The van der Waals surface area contributed by atoms with E-state index in [9.17, 15) is 4.79 Å². The number of nitrogens with two attached hydrogens (primary N) is 1. The molecule has 5 rings (SSSR count). The molecule has 1 amide bonds. The molecule has 1 aromatic carbocycles. The number of hydrogen-bond acceptors (Lipinski definition) is 6. The first-order chi connectivity index (χ1) is 15.6. The van der Waals surface area contributed by atoms with Crippen LogP contribution < -0.4 is 11.1 Å². The predicted octanol–water partition coefficient (Wildman–Crippen LogP) is 3.43. The fourth-order valence-electron chi connectivity index (χ4n) is 3.46. The minimum Gasteiger partial charge on any atom is -0.369 e. The van der Waals surface area contributed by atoms with Crippen LogP contribution in [0, 0.1) is 0 Å². The van der Waals surface area contributed by atoms with Crippen molar-refractivity contribution in [3.63, 3.8) is 0 Å². The lowest BCUT2D eigenvalue weighted by atomic mass is 10.1. The molecule has 0 aliphatic rings. The van der Waals surface area contributed by atoms with Crippen LogP contribution in [0.4, 0.5) is 5.95 Å². The Morgan fingerprint density at radius 3 is 2.84 bits per heavy atom. The standard InChI is InChI=1S/C23H18ClN7O/c24-18-10-14-3-1-2-4-19(14)30-20(18)11-17-9-15(5-7-26-17)22(32)27-12-16-6-8-31-21(29-16)13-28-23(31)25/h1-10,13H,11-12H2,(H2,25,28)(H,27,32). The van der Waals surface area contributed by atoms with Gasteiger partial charge in [0.1, 0.15) is 0 Å². The number of carbonyl (C=O) groups is 1. The summed E-state index contributed by atoms with van der Waals surface area (Å²) in [6.07, 6.45) is 5.39. The van der Waals surface area contributed by atoms with E-state index in [-0.39, 0.29) is 12.5 Å². The molecule has 8 nitrogen and oxygen atoms in total. The van der Waals surface area contributed by atoms with E-state index in [4.69, 9.17) is 17.3 Å². The maximum atomic E-state index is 12.7. The van der Waals surface area contributed by atoms with Gasteiger partial charge in [-0.05, 0) is 30.3 Å². The topological polar surface area (TPSA) is 111 Å². The molecule has 0 saturated carbocycles. The molecular formula is C23H18ClN7O. The molecule has 0 aliphatic heterocycles. The summed E-state index contributed by atoms with van der Waals surface area (Å²) in [5.74, 6) is 0.148. The second-order valence-electron chi connectivity index (χ2n) is 7.27. The Bertz CT molecular complexity index is 1460. The lowest BCUT2D eigenvalue weighted by molar-refractivity contribution is 0.0950. The zero-order valence-electron chi connectivity index (χ0n) is 16.9. The summed E-state index contributed by atoms with van der Waals surface area (Å²) in [6.45, 7) is 0.274. The molecule has 0 unspecified atom stereocenters. The summed E-state index contributed by atoms with van der Waals surface area (Å²) in [4.78, 5) is 30.2. The van der Waals surface area contributed by atoms with E-state index in [1.807, 2.05) is 30.3 Å². The summed E-state index contributed by atoms with van der Waals surface area (Å²) in [6, 6.07) is 14.9. The fraction of sp³-hybridized carbons (Fsp3) is 0.0870. The highest BCUT2D eigenvalue weighted by Gasteiger charge is 2.11. The molecule has 0 bridgehead atoms. The molecule has 0 aliphatic carbocycles. The van der Waals surface area contributed by atoms with Crippen molar-refractivity contribution >= 4 is 40.0 Å². The lowest BCUT2D eigenvalue weighted by Gasteiger charge is -2.08. The second kappa shape index (κ2) is 8.24. The lowest BCUT2D eigenvalue weighted by Crippen LogP contribution is -2.23. The van der Waals surface area contributed by atoms with Gasteiger partial charge in [-0.2, -0.15) is 0 Å². The minimum absolute atomic E-state index is 0.221. The van der Waals surface area contributed by atoms with E-state index < -0.39 is 0 Å². The molecule has 4 heterocycles. The van der Waals surface area contributed by atoms with Crippen LogP contribution in [-0.4, -0.2) is 30.2 Å².